The number of alkyl halides is 3. The third kappa shape index (κ3) is 4.44. The number of hydrogen-bond acceptors (Lipinski definition) is 3. The van der Waals surface area contributed by atoms with Crippen molar-refractivity contribution in [1.82, 2.24) is 14.8 Å². The van der Waals surface area contributed by atoms with E-state index in [1.807, 2.05) is 15.5 Å². The lowest BCUT2D eigenvalue weighted by atomic mass is 9.83. The molecule has 1 amide bonds. The minimum atomic E-state index is -1.72. The Bertz CT molecular complexity index is 971. The third-order valence-electron chi connectivity index (χ3n) is 5.56. The summed E-state index contributed by atoms with van der Waals surface area (Å²) >= 11 is 24.7. The van der Waals surface area contributed by atoms with E-state index >= 15 is 0 Å². The Labute approximate surface area is 188 Å². The molecule has 1 N–H and O–H groups in total. The molecule has 3 atom stereocenters. The van der Waals surface area contributed by atoms with Gasteiger partial charge in [-0.1, -0.05) is 52.5 Å². The highest BCUT2D eigenvalue weighted by molar-refractivity contribution is 6.68. The molecule has 3 heterocycles. The van der Waals surface area contributed by atoms with Crippen LogP contribution in [0.25, 0.3) is 0 Å². The molecule has 1 fully saturated rings. The van der Waals surface area contributed by atoms with Crippen molar-refractivity contribution in [3.05, 3.63) is 69.1 Å². The maximum atomic E-state index is 12.7. The van der Waals surface area contributed by atoms with E-state index in [2.05, 4.69) is 5.32 Å². The predicted octanol–water partition coefficient (Wildman–Crippen LogP) is 4.05. The molecule has 0 spiro atoms. The molecule has 5 nitrogen and oxygen atoms in total. The zero-order chi connectivity index (χ0) is 20.8. The molecule has 0 saturated carbocycles. The first-order valence-electron chi connectivity index (χ1n) is 9.29. The molecule has 1 aromatic carbocycles. The second-order valence-electron chi connectivity index (χ2n) is 7.58. The van der Waals surface area contributed by atoms with Crippen LogP contribution in [-0.4, -0.2) is 38.4 Å². The maximum Gasteiger partial charge on any atom is 0.252 e. The molecule has 1 saturated heterocycles. The van der Waals surface area contributed by atoms with Gasteiger partial charge < -0.3 is 9.88 Å². The highest BCUT2D eigenvalue weighted by Crippen LogP contribution is 2.40. The van der Waals surface area contributed by atoms with Crippen LogP contribution in [0, 0.1) is 5.92 Å². The fourth-order valence-electron chi connectivity index (χ4n) is 4.33. The molecule has 0 aliphatic carbocycles. The minimum absolute atomic E-state index is 0.0135. The number of nitrogens with one attached hydrogen (secondary N) is 1. The Hall–Kier alpha value is -1.24. The molecule has 29 heavy (non-hydrogen) atoms. The lowest BCUT2D eigenvalue weighted by molar-refractivity contribution is 0.0586. The average molecular weight is 475 g/mol. The largest absolute Gasteiger partial charge is 0.332 e. The summed E-state index contributed by atoms with van der Waals surface area (Å²) in [6, 6.07) is 11.9. The van der Waals surface area contributed by atoms with Crippen LogP contribution in [-0.2, 0) is 6.54 Å². The van der Waals surface area contributed by atoms with Crippen LogP contribution in [0.15, 0.2) is 47.3 Å². The van der Waals surface area contributed by atoms with Crippen LogP contribution in [0.2, 0.25) is 5.02 Å². The van der Waals surface area contributed by atoms with Gasteiger partial charge in [0.05, 0.1) is 0 Å². The molecule has 2 aliphatic heterocycles. The van der Waals surface area contributed by atoms with E-state index < -0.39 is 9.96 Å². The van der Waals surface area contributed by atoms with E-state index in [1.54, 1.807) is 36.4 Å². The van der Waals surface area contributed by atoms with E-state index in [9.17, 15) is 9.59 Å². The Morgan fingerprint density at radius 1 is 1.07 bits per heavy atom. The van der Waals surface area contributed by atoms with Crippen molar-refractivity contribution < 1.29 is 4.79 Å². The van der Waals surface area contributed by atoms with Gasteiger partial charge in [0.25, 0.3) is 11.5 Å². The lowest BCUT2D eigenvalue weighted by Gasteiger charge is -2.47. The summed E-state index contributed by atoms with van der Waals surface area (Å²) in [5.74, 6) is 0.0349. The van der Waals surface area contributed by atoms with Gasteiger partial charge in [0, 0.05) is 47.9 Å². The molecule has 1 unspecified atom stereocenters. The number of pyridine rings is 1. The fourth-order valence-corrected chi connectivity index (χ4v) is 5.04. The first-order valence-corrected chi connectivity index (χ1v) is 10.8. The molecular weight excluding hydrogens is 456 g/mol. The van der Waals surface area contributed by atoms with Crippen molar-refractivity contribution >= 4 is 52.3 Å². The molecule has 154 valence electrons. The van der Waals surface area contributed by atoms with E-state index in [1.165, 1.54) is 0 Å². The number of rotatable bonds is 3. The summed E-state index contributed by atoms with van der Waals surface area (Å²) in [7, 11) is 0. The van der Waals surface area contributed by atoms with E-state index in [4.69, 9.17) is 46.4 Å². The van der Waals surface area contributed by atoms with Crippen molar-refractivity contribution in [1.29, 1.82) is 0 Å². The van der Waals surface area contributed by atoms with E-state index in [0.29, 0.717) is 30.2 Å². The smallest absolute Gasteiger partial charge is 0.252 e. The maximum absolute atomic E-state index is 12.7. The van der Waals surface area contributed by atoms with Gasteiger partial charge in [-0.2, -0.15) is 0 Å². The summed E-state index contributed by atoms with van der Waals surface area (Å²) in [4.78, 5) is 27.0. The summed E-state index contributed by atoms with van der Waals surface area (Å²) in [6.07, 6.45) is 0.167. The zero-order valence-electron chi connectivity index (χ0n) is 15.3. The van der Waals surface area contributed by atoms with Gasteiger partial charge in [0.15, 0.2) is 0 Å². The summed E-state index contributed by atoms with van der Waals surface area (Å²) in [5.41, 5.74) is 1.44. The first-order chi connectivity index (χ1) is 13.7. The van der Waals surface area contributed by atoms with Gasteiger partial charge in [0.1, 0.15) is 6.17 Å². The van der Waals surface area contributed by atoms with Crippen LogP contribution >= 0.6 is 46.4 Å². The van der Waals surface area contributed by atoms with Gasteiger partial charge in [-0.05, 0) is 42.7 Å². The fraction of sp³-hybridized carbons (Fsp3) is 0.400. The average Bonchev–Trinajstić information content (AvgIpc) is 2.66. The minimum Gasteiger partial charge on any atom is -0.332 e. The molecule has 1 aromatic heterocycles. The van der Waals surface area contributed by atoms with Gasteiger partial charge in [0.2, 0.25) is 3.79 Å². The molecular formula is C20H19Cl4N3O2. The number of piperidine rings is 1. The molecule has 2 aromatic rings. The number of amides is 1. The topological polar surface area (TPSA) is 54.3 Å². The highest BCUT2D eigenvalue weighted by atomic mass is 35.6. The third-order valence-corrected chi connectivity index (χ3v) is 6.43. The Kier molecular flexibility index (Phi) is 5.88. The number of benzene rings is 1. The second kappa shape index (κ2) is 8.12. The molecule has 9 heteroatoms. The van der Waals surface area contributed by atoms with Gasteiger partial charge in [-0.25, -0.2) is 0 Å². The summed E-state index contributed by atoms with van der Waals surface area (Å²) < 4.78 is 0.122. The SMILES string of the molecule is O=C(NC(N1C[C@H]2C[C@@H](C1)c1cccc(=O)n1C2)C(Cl)(Cl)Cl)c1ccc(Cl)cc1. The highest BCUT2D eigenvalue weighted by Gasteiger charge is 2.44. The number of halogens is 4. The van der Waals surface area contributed by atoms with Crippen LogP contribution < -0.4 is 10.9 Å². The predicted molar refractivity (Wildman–Crippen MR) is 116 cm³/mol. The number of hydrogen-bond donors (Lipinski definition) is 1. The van der Waals surface area contributed by atoms with Crippen LogP contribution in [0.3, 0.4) is 0 Å². The number of nitrogens with zero attached hydrogens (tertiary/aromatic N) is 2. The van der Waals surface area contributed by atoms with Crippen molar-refractivity contribution in [3.8, 4) is 0 Å². The Morgan fingerprint density at radius 2 is 1.79 bits per heavy atom. The van der Waals surface area contributed by atoms with Crippen molar-refractivity contribution in [2.75, 3.05) is 13.1 Å². The van der Waals surface area contributed by atoms with Crippen molar-refractivity contribution in [2.45, 2.75) is 28.8 Å². The lowest BCUT2D eigenvalue weighted by Crippen LogP contribution is -2.60. The number of carbonyl (C=O) groups is 1. The Balaban J connectivity index is 1.58. The second-order valence-corrected chi connectivity index (χ2v) is 10.4. The number of carbonyl (C=O) groups excluding carboxylic acids is 1. The molecule has 2 aliphatic rings. The Morgan fingerprint density at radius 3 is 2.48 bits per heavy atom. The summed E-state index contributed by atoms with van der Waals surface area (Å²) in [5, 5.41) is 3.41. The normalized spacial score (nSPS) is 22.6. The monoisotopic (exact) mass is 473 g/mol. The quantitative estimate of drug-likeness (QED) is 0.682. The van der Waals surface area contributed by atoms with Crippen molar-refractivity contribution in [3.63, 3.8) is 0 Å². The van der Waals surface area contributed by atoms with E-state index in [-0.39, 0.29) is 23.3 Å². The van der Waals surface area contributed by atoms with Crippen LogP contribution in [0.5, 0.6) is 0 Å². The number of likely N-dealkylation sites (tertiary alicyclic amines) is 1. The van der Waals surface area contributed by atoms with Crippen LogP contribution in [0.4, 0.5) is 0 Å². The molecule has 4 rings (SSSR count). The van der Waals surface area contributed by atoms with Gasteiger partial charge >= 0.3 is 0 Å². The number of fused-ring (bicyclic) bond motifs is 4. The van der Waals surface area contributed by atoms with Crippen LogP contribution in [0.1, 0.15) is 28.4 Å². The zero-order valence-corrected chi connectivity index (χ0v) is 18.3. The first kappa shape index (κ1) is 21.0. The van der Waals surface area contributed by atoms with E-state index in [0.717, 1.165) is 12.1 Å². The standard InChI is InChI=1S/C20H19Cl4N3O2/c21-15-6-4-13(5-7-15)18(29)25-19(20(22,23)24)26-9-12-8-14(11-26)16-2-1-3-17(28)27(16)10-12/h1-7,12,14,19H,8-11H2,(H,25,29)/t12-,14+,19?/m1/s1. The van der Waals surface area contributed by atoms with Gasteiger partial charge in [-0.3, -0.25) is 14.5 Å². The molecule has 2 bridgehead atoms. The number of aromatic nitrogens is 1. The van der Waals surface area contributed by atoms with Gasteiger partial charge in [-0.15, -0.1) is 0 Å². The molecule has 0 radical (unpaired) electrons. The van der Waals surface area contributed by atoms with Crippen molar-refractivity contribution in [2.24, 2.45) is 5.92 Å². The summed E-state index contributed by atoms with van der Waals surface area (Å²) in [6.45, 7) is 1.83.